The Labute approximate surface area is 143 Å². The molecule has 8 heteroatoms. The van der Waals surface area contributed by atoms with Crippen LogP contribution in [0.3, 0.4) is 0 Å². The quantitative estimate of drug-likeness (QED) is 0.653. The summed E-state index contributed by atoms with van der Waals surface area (Å²) >= 11 is 0. The maximum absolute atomic E-state index is 10.5. The van der Waals surface area contributed by atoms with Crippen molar-refractivity contribution in [3.8, 4) is 5.88 Å². The minimum atomic E-state index is -0.986. The fourth-order valence-corrected chi connectivity index (χ4v) is 2.51. The molecular formula is C16H14ClN5O2. The van der Waals surface area contributed by atoms with Crippen LogP contribution in [-0.4, -0.2) is 31.4 Å². The maximum Gasteiger partial charge on any atom is 0.251 e. The fourth-order valence-electron chi connectivity index (χ4n) is 2.51. The van der Waals surface area contributed by atoms with Crippen LogP contribution in [0.15, 0.2) is 55.0 Å². The second kappa shape index (κ2) is 6.31. The summed E-state index contributed by atoms with van der Waals surface area (Å²) in [4.78, 5) is 12.5. The topological polar surface area (TPSA) is 94.4 Å². The van der Waals surface area contributed by atoms with Crippen LogP contribution >= 0.6 is 12.4 Å². The third kappa shape index (κ3) is 2.60. The Morgan fingerprint density at radius 1 is 1.08 bits per heavy atom. The lowest BCUT2D eigenvalue weighted by Gasteiger charge is -2.22. The van der Waals surface area contributed by atoms with Gasteiger partial charge >= 0.3 is 0 Å². The summed E-state index contributed by atoms with van der Waals surface area (Å²) in [6.45, 7) is 0. The Morgan fingerprint density at radius 2 is 1.92 bits per heavy atom. The first-order chi connectivity index (χ1) is 11.2. The number of hydrogen-bond acceptors (Lipinski definition) is 7. The monoisotopic (exact) mass is 343 g/mol. The van der Waals surface area contributed by atoms with E-state index in [0.29, 0.717) is 16.5 Å². The largest absolute Gasteiger partial charge is 0.493 e. The Balaban J connectivity index is 0.00000169. The SMILES string of the molecule is Cl.Oc1nc(N2NC=C(c3cccnc3)C2O)nc2ccccc12. The third-order valence-electron chi connectivity index (χ3n) is 3.66. The smallest absolute Gasteiger partial charge is 0.251 e. The molecule has 1 aliphatic heterocycles. The van der Waals surface area contributed by atoms with Crippen molar-refractivity contribution in [2.45, 2.75) is 6.23 Å². The van der Waals surface area contributed by atoms with E-state index in [9.17, 15) is 10.2 Å². The molecule has 1 aliphatic rings. The molecule has 3 heterocycles. The van der Waals surface area contributed by atoms with Gasteiger partial charge in [-0.2, -0.15) is 4.98 Å². The predicted molar refractivity (Wildman–Crippen MR) is 92.3 cm³/mol. The maximum atomic E-state index is 10.5. The van der Waals surface area contributed by atoms with Gasteiger partial charge in [0.2, 0.25) is 5.88 Å². The molecule has 2 aromatic heterocycles. The van der Waals surface area contributed by atoms with Crippen molar-refractivity contribution in [1.82, 2.24) is 20.4 Å². The Kier molecular flexibility index (Phi) is 4.20. The molecule has 0 saturated heterocycles. The molecule has 1 unspecified atom stereocenters. The molecule has 0 aliphatic carbocycles. The van der Waals surface area contributed by atoms with E-state index in [1.54, 1.807) is 42.9 Å². The van der Waals surface area contributed by atoms with Crippen LogP contribution in [0.25, 0.3) is 16.5 Å². The number of aliphatic hydroxyl groups excluding tert-OH is 1. The highest BCUT2D eigenvalue weighted by molar-refractivity contribution is 5.85. The molecule has 7 nitrogen and oxygen atoms in total. The highest BCUT2D eigenvalue weighted by Crippen LogP contribution is 2.29. The van der Waals surface area contributed by atoms with Gasteiger partial charge in [0.1, 0.15) is 0 Å². The van der Waals surface area contributed by atoms with Gasteiger partial charge in [-0.25, -0.2) is 9.99 Å². The van der Waals surface area contributed by atoms with Gasteiger partial charge in [-0.15, -0.1) is 12.4 Å². The molecule has 122 valence electrons. The van der Waals surface area contributed by atoms with E-state index in [0.717, 1.165) is 5.56 Å². The number of para-hydroxylation sites is 1. The summed E-state index contributed by atoms with van der Waals surface area (Å²) in [5.74, 6) is 0.0540. The zero-order chi connectivity index (χ0) is 15.8. The van der Waals surface area contributed by atoms with Gasteiger partial charge in [0, 0.05) is 29.7 Å². The number of nitrogens with one attached hydrogen (secondary N) is 1. The van der Waals surface area contributed by atoms with Crippen LogP contribution < -0.4 is 10.4 Å². The number of aromatic hydroxyl groups is 1. The van der Waals surface area contributed by atoms with E-state index in [4.69, 9.17) is 0 Å². The standard InChI is InChI=1S/C16H13N5O2.ClH/c22-14-11-5-1-2-6-13(11)19-16(20-14)21-15(23)12(9-18-21)10-4-3-7-17-8-10;/h1-9,15,18,23H,(H,19,20,22);1H. The first kappa shape index (κ1) is 16.0. The van der Waals surface area contributed by atoms with Crippen molar-refractivity contribution in [3.63, 3.8) is 0 Å². The molecule has 0 radical (unpaired) electrons. The number of anilines is 1. The summed E-state index contributed by atoms with van der Waals surface area (Å²) in [6.07, 6.45) is 4.01. The highest BCUT2D eigenvalue weighted by Gasteiger charge is 2.29. The predicted octanol–water partition coefficient (Wildman–Crippen LogP) is 1.84. The number of hydrazine groups is 1. The molecule has 3 N–H and O–H groups in total. The zero-order valence-electron chi connectivity index (χ0n) is 12.4. The lowest BCUT2D eigenvalue weighted by Crippen LogP contribution is -2.39. The summed E-state index contributed by atoms with van der Waals surface area (Å²) in [6, 6.07) is 10.8. The summed E-state index contributed by atoms with van der Waals surface area (Å²) in [5, 5.41) is 22.5. The average Bonchev–Trinajstić information content (AvgIpc) is 2.97. The van der Waals surface area contributed by atoms with Gasteiger partial charge < -0.3 is 10.2 Å². The molecular weight excluding hydrogens is 330 g/mol. The number of benzene rings is 1. The van der Waals surface area contributed by atoms with E-state index in [-0.39, 0.29) is 24.2 Å². The Hall–Kier alpha value is -2.90. The number of nitrogens with zero attached hydrogens (tertiary/aromatic N) is 4. The molecule has 1 aromatic carbocycles. The molecule has 0 fully saturated rings. The number of aromatic nitrogens is 3. The van der Waals surface area contributed by atoms with Crippen molar-refractivity contribution in [2.75, 3.05) is 5.01 Å². The lowest BCUT2D eigenvalue weighted by molar-refractivity contribution is 0.224. The van der Waals surface area contributed by atoms with Crippen LogP contribution in [0.1, 0.15) is 5.56 Å². The summed E-state index contributed by atoms with van der Waals surface area (Å²) < 4.78 is 0. The second-order valence-corrected chi connectivity index (χ2v) is 5.08. The van der Waals surface area contributed by atoms with Crippen molar-refractivity contribution < 1.29 is 10.2 Å². The molecule has 3 aromatic rings. The first-order valence-corrected chi connectivity index (χ1v) is 7.04. The summed E-state index contributed by atoms with van der Waals surface area (Å²) in [7, 11) is 0. The van der Waals surface area contributed by atoms with Gasteiger partial charge in [0.15, 0.2) is 6.23 Å². The molecule has 4 rings (SSSR count). The van der Waals surface area contributed by atoms with Crippen LogP contribution in [0.4, 0.5) is 5.95 Å². The Bertz CT molecular complexity index is 903. The molecule has 24 heavy (non-hydrogen) atoms. The number of pyridine rings is 1. The number of rotatable bonds is 2. The van der Waals surface area contributed by atoms with Gasteiger partial charge in [-0.05, 0) is 18.2 Å². The third-order valence-corrected chi connectivity index (χ3v) is 3.66. The number of fused-ring (bicyclic) bond motifs is 1. The van der Waals surface area contributed by atoms with E-state index < -0.39 is 6.23 Å². The zero-order valence-corrected chi connectivity index (χ0v) is 13.2. The van der Waals surface area contributed by atoms with Gasteiger partial charge in [-0.1, -0.05) is 18.2 Å². The molecule has 1 atom stereocenters. The number of aliphatic hydroxyl groups is 1. The minimum absolute atomic E-state index is 0. The molecule has 0 bridgehead atoms. The average molecular weight is 344 g/mol. The van der Waals surface area contributed by atoms with Gasteiger partial charge in [0.25, 0.3) is 5.95 Å². The van der Waals surface area contributed by atoms with Crippen LogP contribution in [-0.2, 0) is 0 Å². The van der Waals surface area contributed by atoms with E-state index >= 15 is 0 Å². The van der Waals surface area contributed by atoms with Crippen molar-refractivity contribution in [3.05, 3.63) is 60.6 Å². The van der Waals surface area contributed by atoms with Crippen molar-refractivity contribution >= 4 is 34.8 Å². The van der Waals surface area contributed by atoms with Gasteiger partial charge in [-0.3, -0.25) is 10.4 Å². The van der Waals surface area contributed by atoms with Crippen molar-refractivity contribution in [1.29, 1.82) is 0 Å². The van der Waals surface area contributed by atoms with Crippen molar-refractivity contribution in [2.24, 2.45) is 0 Å². The second-order valence-electron chi connectivity index (χ2n) is 5.08. The minimum Gasteiger partial charge on any atom is -0.493 e. The Morgan fingerprint density at radius 3 is 2.71 bits per heavy atom. The van der Waals surface area contributed by atoms with Crippen LogP contribution in [0, 0.1) is 0 Å². The van der Waals surface area contributed by atoms with Gasteiger partial charge in [0.05, 0.1) is 10.9 Å². The number of halogens is 1. The highest BCUT2D eigenvalue weighted by atomic mass is 35.5. The fraction of sp³-hybridized carbons (Fsp3) is 0.0625. The molecule has 0 amide bonds. The van der Waals surface area contributed by atoms with E-state index in [1.165, 1.54) is 5.01 Å². The van der Waals surface area contributed by atoms with Crippen LogP contribution in [0.2, 0.25) is 0 Å². The van der Waals surface area contributed by atoms with Crippen LogP contribution in [0.5, 0.6) is 5.88 Å². The lowest BCUT2D eigenvalue weighted by atomic mass is 10.1. The number of hydrogen-bond donors (Lipinski definition) is 3. The first-order valence-electron chi connectivity index (χ1n) is 7.04. The molecule has 0 saturated carbocycles. The summed E-state index contributed by atoms with van der Waals surface area (Å²) in [5.41, 5.74) is 4.96. The normalized spacial score (nSPS) is 16.5. The van der Waals surface area contributed by atoms with E-state index in [2.05, 4.69) is 20.4 Å². The molecule has 0 spiro atoms. The van der Waals surface area contributed by atoms with E-state index in [1.807, 2.05) is 12.1 Å².